The summed E-state index contributed by atoms with van der Waals surface area (Å²) < 4.78 is 216. The van der Waals surface area contributed by atoms with Crippen LogP contribution in [-0.2, 0) is 0 Å². The average Bonchev–Trinajstić information content (AvgIpc) is 2.88. The summed E-state index contributed by atoms with van der Waals surface area (Å²) in [5.41, 5.74) is -10.5. The fraction of sp³-hybridized carbons (Fsp3) is 0.167. The largest absolute Gasteiger partial charge is 0.257 e. The smallest absolute Gasteiger partial charge is 0.204 e. The van der Waals surface area contributed by atoms with E-state index in [9.17, 15) is 65.9 Å². The van der Waals surface area contributed by atoms with Crippen LogP contribution in [0.5, 0.6) is 0 Å². The second-order valence-electron chi connectivity index (χ2n) is 9.31. The maximum Gasteiger partial charge on any atom is 0.257 e. The average molecular weight is 594 g/mol. The lowest BCUT2D eigenvalue weighted by Crippen LogP contribution is -2.52. The molecule has 40 heavy (non-hydrogen) atoms. The van der Waals surface area contributed by atoms with E-state index in [1.54, 1.807) is 0 Å². The Morgan fingerprint density at radius 3 is 0.875 bits per heavy atom. The molecule has 0 unspecified atom stereocenters. The Bertz CT molecular complexity index is 1430. The summed E-state index contributed by atoms with van der Waals surface area (Å²) in [4.78, 5) is 0. The molecule has 3 rings (SSSR count). The minimum atomic E-state index is -3.58. The van der Waals surface area contributed by atoms with Crippen molar-refractivity contribution >= 4 is 23.1 Å². The van der Waals surface area contributed by atoms with Gasteiger partial charge in [0.1, 0.15) is 0 Å². The van der Waals surface area contributed by atoms with Gasteiger partial charge in [-0.25, -0.2) is 65.9 Å². The van der Waals surface area contributed by atoms with E-state index in [1.165, 1.54) is 0 Å². The van der Waals surface area contributed by atoms with Crippen molar-refractivity contribution in [2.45, 2.75) is 20.8 Å². The van der Waals surface area contributed by atoms with E-state index < -0.39 is 121 Å². The fourth-order valence-electron chi connectivity index (χ4n) is 3.83. The number of allylic oxidation sites excluding steroid dienone is 1. The standard InChI is InChI=1S/C24H10BF15/c1-24(2,3)4-5(6-9(26)15(32)21(38)16(33)10(6)27)25(7-11(28)17(34)22(39)18(35)12(7)29)8-13(30)19(36)23(40)20(37)14(8)31/h4H,1-3H3/b5-4+. The molecule has 3 aromatic rings. The molecule has 0 aliphatic carbocycles. The van der Waals surface area contributed by atoms with Crippen LogP contribution in [0.25, 0.3) is 5.47 Å². The van der Waals surface area contributed by atoms with Gasteiger partial charge in [0.25, 0.3) is 6.71 Å². The monoisotopic (exact) mass is 594 g/mol. The van der Waals surface area contributed by atoms with Gasteiger partial charge in [-0.2, -0.15) is 0 Å². The van der Waals surface area contributed by atoms with Crippen LogP contribution in [0.15, 0.2) is 6.08 Å². The van der Waals surface area contributed by atoms with E-state index in [4.69, 9.17) is 0 Å². The van der Waals surface area contributed by atoms with Crippen molar-refractivity contribution in [3.63, 3.8) is 0 Å². The first-order chi connectivity index (χ1) is 18.3. The zero-order chi connectivity index (χ0) is 30.8. The maximum absolute atomic E-state index is 15.0. The van der Waals surface area contributed by atoms with Crippen molar-refractivity contribution in [3.8, 4) is 0 Å². The van der Waals surface area contributed by atoms with E-state index in [0.717, 1.165) is 20.8 Å². The Morgan fingerprint density at radius 2 is 0.625 bits per heavy atom. The lowest BCUT2D eigenvalue weighted by Gasteiger charge is -2.26. The molecular weight excluding hydrogens is 584 g/mol. The summed E-state index contributed by atoms with van der Waals surface area (Å²) in [5.74, 6) is -42.9. The lowest BCUT2D eigenvalue weighted by molar-refractivity contribution is 0.376. The molecule has 0 saturated heterocycles. The Morgan fingerprint density at radius 1 is 0.400 bits per heavy atom. The lowest BCUT2D eigenvalue weighted by atomic mass is 9.34. The third-order valence-corrected chi connectivity index (χ3v) is 5.46. The summed E-state index contributed by atoms with van der Waals surface area (Å²) in [5, 5.41) is 0. The number of hydrogen-bond donors (Lipinski definition) is 0. The van der Waals surface area contributed by atoms with E-state index in [2.05, 4.69) is 0 Å². The molecule has 0 atom stereocenters. The summed E-state index contributed by atoms with van der Waals surface area (Å²) >= 11 is 0. The van der Waals surface area contributed by atoms with E-state index in [-0.39, 0.29) is 0 Å². The Labute approximate surface area is 214 Å². The topological polar surface area (TPSA) is 0 Å². The van der Waals surface area contributed by atoms with Crippen molar-refractivity contribution < 1.29 is 65.9 Å². The number of halogens is 15. The van der Waals surface area contributed by atoms with Crippen LogP contribution in [0.1, 0.15) is 26.3 Å². The molecule has 0 aliphatic heterocycles. The molecule has 16 heteroatoms. The van der Waals surface area contributed by atoms with E-state index >= 15 is 0 Å². The minimum Gasteiger partial charge on any atom is -0.204 e. The van der Waals surface area contributed by atoms with E-state index in [1.807, 2.05) is 0 Å². The molecule has 0 saturated carbocycles. The zero-order valence-electron chi connectivity index (χ0n) is 19.8. The molecule has 0 radical (unpaired) electrons. The van der Waals surface area contributed by atoms with Crippen molar-refractivity contribution in [2.75, 3.05) is 0 Å². The van der Waals surface area contributed by atoms with Gasteiger partial charge in [-0.05, 0) is 5.41 Å². The molecule has 0 bridgehead atoms. The molecule has 214 valence electrons. The van der Waals surface area contributed by atoms with Crippen molar-refractivity contribution in [3.05, 3.63) is 98.9 Å². The van der Waals surface area contributed by atoms with Gasteiger partial charge in [-0.1, -0.05) is 32.3 Å². The second kappa shape index (κ2) is 10.4. The SMILES string of the molecule is CC(C)(C)/C=C(/B(c1c(F)c(F)c(F)c(F)c1F)c1c(F)c(F)c(F)c(F)c1F)c1c(F)c(F)c(F)c(F)c1F. The third-order valence-electron chi connectivity index (χ3n) is 5.46. The first kappa shape index (κ1) is 30.9. The van der Waals surface area contributed by atoms with Crippen molar-refractivity contribution in [1.29, 1.82) is 0 Å². The van der Waals surface area contributed by atoms with Crippen LogP contribution in [0.2, 0.25) is 0 Å². The van der Waals surface area contributed by atoms with Gasteiger partial charge < -0.3 is 0 Å². The third kappa shape index (κ3) is 4.81. The van der Waals surface area contributed by atoms with Crippen LogP contribution >= 0.6 is 0 Å². The highest BCUT2D eigenvalue weighted by molar-refractivity contribution is 6.99. The predicted octanol–water partition coefficient (Wildman–Crippen LogP) is 7.05. The molecule has 0 aliphatic rings. The Balaban J connectivity index is 2.76. The summed E-state index contributed by atoms with van der Waals surface area (Å²) in [6, 6.07) is 0. The Kier molecular flexibility index (Phi) is 8.07. The van der Waals surface area contributed by atoms with Gasteiger partial charge in [-0.15, -0.1) is 0 Å². The first-order valence-electron chi connectivity index (χ1n) is 10.5. The maximum atomic E-state index is 15.0. The van der Waals surface area contributed by atoms with Gasteiger partial charge in [0.05, 0.1) is 0 Å². The number of rotatable bonds is 4. The normalized spacial score (nSPS) is 12.4. The summed E-state index contributed by atoms with van der Waals surface area (Å²) in [6.45, 7) is -0.394. The van der Waals surface area contributed by atoms with Crippen molar-refractivity contribution in [1.82, 2.24) is 0 Å². The first-order valence-corrected chi connectivity index (χ1v) is 10.5. The van der Waals surface area contributed by atoms with Crippen molar-refractivity contribution in [2.24, 2.45) is 5.41 Å². The summed E-state index contributed by atoms with van der Waals surface area (Å²) in [7, 11) is 0. The molecule has 0 N–H and O–H groups in total. The van der Waals surface area contributed by atoms with Gasteiger partial charge in [0.15, 0.2) is 81.4 Å². The van der Waals surface area contributed by atoms with Crippen LogP contribution in [0.3, 0.4) is 0 Å². The number of benzene rings is 3. The quantitative estimate of drug-likeness (QED) is 0.132. The van der Waals surface area contributed by atoms with Gasteiger partial charge in [-0.3, -0.25) is 0 Å². The highest BCUT2D eigenvalue weighted by Crippen LogP contribution is 2.35. The predicted molar refractivity (Wildman–Crippen MR) is 111 cm³/mol. The fourth-order valence-corrected chi connectivity index (χ4v) is 3.83. The molecule has 3 aromatic carbocycles. The van der Waals surface area contributed by atoms with Crippen LogP contribution < -0.4 is 10.9 Å². The minimum absolute atomic E-state index is 0.325. The van der Waals surface area contributed by atoms with Crippen LogP contribution in [0, 0.1) is 92.7 Å². The highest BCUT2D eigenvalue weighted by atomic mass is 19.2. The Hall–Kier alpha value is -3.59. The van der Waals surface area contributed by atoms with Crippen LogP contribution in [-0.4, -0.2) is 6.71 Å². The molecule has 0 aromatic heterocycles. The van der Waals surface area contributed by atoms with Gasteiger partial charge >= 0.3 is 0 Å². The number of hydrogen-bond acceptors (Lipinski definition) is 0. The molecule has 0 heterocycles. The van der Waals surface area contributed by atoms with Gasteiger partial charge in [0.2, 0.25) is 5.82 Å². The second-order valence-corrected chi connectivity index (χ2v) is 9.31. The van der Waals surface area contributed by atoms with E-state index in [0.29, 0.717) is 6.08 Å². The molecule has 0 spiro atoms. The molecule has 0 fully saturated rings. The van der Waals surface area contributed by atoms with Gasteiger partial charge in [0, 0.05) is 16.5 Å². The van der Waals surface area contributed by atoms with Crippen LogP contribution in [0.4, 0.5) is 65.9 Å². The highest BCUT2D eigenvalue weighted by Gasteiger charge is 2.44. The zero-order valence-corrected chi connectivity index (χ0v) is 19.8. The molecule has 0 amide bonds. The molecule has 0 nitrogen and oxygen atoms in total. The summed E-state index contributed by atoms with van der Waals surface area (Å²) in [6.07, 6.45) is 0.325. The molecular formula is C24H10BF15.